The SMILES string of the molecule is O=c1[nH]cccc1CNC(c1cncc(Br)c1)C1CC1. The zero-order valence-electron chi connectivity index (χ0n) is 11.0. The Hall–Kier alpha value is -1.46. The third kappa shape index (κ3) is 3.16. The van der Waals surface area contributed by atoms with E-state index in [1.54, 1.807) is 12.4 Å². The predicted molar refractivity (Wildman–Crippen MR) is 81.3 cm³/mol. The number of nitrogens with zero attached hydrogens (tertiary/aromatic N) is 1. The molecule has 5 heteroatoms. The predicted octanol–water partition coefficient (Wildman–Crippen LogP) is 2.77. The van der Waals surface area contributed by atoms with Gasteiger partial charge < -0.3 is 10.3 Å². The molecule has 20 heavy (non-hydrogen) atoms. The number of nitrogens with one attached hydrogen (secondary N) is 2. The molecular formula is C15H16BrN3O. The second kappa shape index (κ2) is 5.89. The molecule has 0 radical (unpaired) electrons. The maximum atomic E-state index is 11.7. The minimum atomic E-state index is -0.0260. The Labute approximate surface area is 125 Å². The molecule has 0 aromatic carbocycles. The molecule has 4 nitrogen and oxygen atoms in total. The Balaban J connectivity index is 1.76. The highest BCUT2D eigenvalue weighted by molar-refractivity contribution is 9.10. The van der Waals surface area contributed by atoms with Gasteiger partial charge >= 0.3 is 0 Å². The van der Waals surface area contributed by atoms with Crippen LogP contribution in [0, 0.1) is 5.92 Å². The Morgan fingerprint density at radius 2 is 2.30 bits per heavy atom. The van der Waals surface area contributed by atoms with Crippen LogP contribution in [0.1, 0.15) is 30.0 Å². The monoisotopic (exact) mass is 333 g/mol. The lowest BCUT2D eigenvalue weighted by molar-refractivity contribution is 0.477. The molecule has 0 amide bonds. The van der Waals surface area contributed by atoms with Gasteiger partial charge in [-0.25, -0.2) is 0 Å². The van der Waals surface area contributed by atoms with Gasteiger partial charge in [0.15, 0.2) is 0 Å². The quantitative estimate of drug-likeness (QED) is 0.884. The van der Waals surface area contributed by atoms with Crippen LogP contribution in [0.4, 0.5) is 0 Å². The minimum Gasteiger partial charge on any atom is -0.329 e. The van der Waals surface area contributed by atoms with Crippen LogP contribution >= 0.6 is 15.9 Å². The maximum absolute atomic E-state index is 11.7. The molecule has 1 fully saturated rings. The molecule has 0 saturated heterocycles. The number of aromatic amines is 1. The third-order valence-electron chi connectivity index (χ3n) is 3.59. The van der Waals surface area contributed by atoms with Crippen molar-refractivity contribution in [3.8, 4) is 0 Å². The molecule has 0 bridgehead atoms. The zero-order chi connectivity index (χ0) is 13.9. The summed E-state index contributed by atoms with van der Waals surface area (Å²) in [4.78, 5) is 18.6. The Morgan fingerprint density at radius 3 is 3.00 bits per heavy atom. The van der Waals surface area contributed by atoms with E-state index >= 15 is 0 Å². The second-order valence-corrected chi connectivity index (χ2v) is 6.07. The first-order valence-electron chi connectivity index (χ1n) is 6.74. The van der Waals surface area contributed by atoms with E-state index in [1.165, 1.54) is 18.4 Å². The van der Waals surface area contributed by atoms with Gasteiger partial charge in [0.05, 0.1) is 0 Å². The van der Waals surface area contributed by atoms with Gasteiger partial charge in [0.1, 0.15) is 0 Å². The van der Waals surface area contributed by atoms with E-state index in [0.29, 0.717) is 12.5 Å². The number of halogens is 1. The van der Waals surface area contributed by atoms with Gasteiger partial charge in [-0.2, -0.15) is 0 Å². The maximum Gasteiger partial charge on any atom is 0.252 e. The van der Waals surface area contributed by atoms with Crippen molar-refractivity contribution in [3.05, 3.63) is 62.7 Å². The minimum absolute atomic E-state index is 0.0260. The van der Waals surface area contributed by atoms with Crippen LogP contribution in [0.15, 0.2) is 46.1 Å². The van der Waals surface area contributed by atoms with Crippen molar-refractivity contribution < 1.29 is 0 Å². The van der Waals surface area contributed by atoms with Gasteiger partial charge in [-0.3, -0.25) is 9.78 Å². The summed E-state index contributed by atoms with van der Waals surface area (Å²) in [5.41, 5.74) is 1.91. The van der Waals surface area contributed by atoms with Gasteiger partial charge in [0.2, 0.25) is 0 Å². The summed E-state index contributed by atoms with van der Waals surface area (Å²) in [5, 5.41) is 3.50. The topological polar surface area (TPSA) is 57.8 Å². The van der Waals surface area contributed by atoms with Crippen LogP contribution in [-0.2, 0) is 6.54 Å². The van der Waals surface area contributed by atoms with E-state index < -0.39 is 0 Å². The first-order chi connectivity index (χ1) is 9.74. The van der Waals surface area contributed by atoms with Crippen molar-refractivity contribution in [2.45, 2.75) is 25.4 Å². The molecule has 1 saturated carbocycles. The van der Waals surface area contributed by atoms with Crippen LogP contribution in [-0.4, -0.2) is 9.97 Å². The van der Waals surface area contributed by atoms with Crippen LogP contribution in [0.2, 0.25) is 0 Å². The van der Waals surface area contributed by atoms with Crippen molar-refractivity contribution in [1.29, 1.82) is 0 Å². The Bertz CT molecular complexity index is 651. The molecule has 0 spiro atoms. The van der Waals surface area contributed by atoms with Crippen molar-refractivity contribution >= 4 is 15.9 Å². The summed E-state index contributed by atoms with van der Waals surface area (Å²) in [6.07, 6.45) is 7.80. The number of aromatic nitrogens is 2. The molecular weight excluding hydrogens is 318 g/mol. The van der Waals surface area contributed by atoms with Gasteiger partial charge in [0, 0.05) is 41.2 Å². The zero-order valence-corrected chi connectivity index (χ0v) is 12.6. The first-order valence-corrected chi connectivity index (χ1v) is 7.54. The summed E-state index contributed by atoms with van der Waals surface area (Å²) >= 11 is 3.46. The molecule has 0 aliphatic heterocycles. The number of H-pyrrole nitrogens is 1. The fourth-order valence-electron chi connectivity index (χ4n) is 2.40. The van der Waals surface area contributed by atoms with Crippen LogP contribution in [0.5, 0.6) is 0 Å². The third-order valence-corrected chi connectivity index (χ3v) is 4.02. The molecule has 2 N–H and O–H groups in total. The largest absolute Gasteiger partial charge is 0.329 e. The smallest absolute Gasteiger partial charge is 0.252 e. The summed E-state index contributed by atoms with van der Waals surface area (Å²) in [6.45, 7) is 0.573. The van der Waals surface area contributed by atoms with Gasteiger partial charge in [0.25, 0.3) is 5.56 Å². The van der Waals surface area contributed by atoms with Crippen molar-refractivity contribution in [3.63, 3.8) is 0 Å². The standard InChI is InChI=1S/C15H16BrN3O/c16-13-6-12(7-17-9-13)14(10-3-4-10)19-8-11-2-1-5-18-15(11)20/h1-2,5-7,9-10,14,19H,3-4,8H2,(H,18,20). The van der Waals surface area contributed by atoms with Crippen molar-refractivity contribution in [2.24, 2.45) is 5.92 Å². The van der Waals surface area contributed by atoms with Crippen LogP contribution < -0.4 is 10.9 Å². The lowest BCUT2D eigenvalue weighted by atomic mass is 10.0. The number of hydrogen-bond acceptors (Lipinski definition) is 3. The van der Waals surface area contributed by atoms with E-state index in [9.17, 15) is 4.79 Å². The first kappa shape index (κ1) is 13.5. The van der Waals surface area contributed by atoms with E-state index in [-0.39, 0.29) is 11.6 Å². The average Bonchev–Trinajstić information content (AvgIpc) is 3.26. The molecule has 1 aliphatic carbocycles. The van der Waals surface area contributed by atoms with E-state index in [2.05, 4.69) is 37.3 Å². The second-order valence-electron chi connectivity index (χ2n) is 5.16. The van der Waals surface area contributed by atoms with Gasteiger partial charge in [-0.1, -0.05) is 6.07 Å². The fraction of sp³-hybridized carbons (Fsp3) is 0.333. The molecule has 1 unspecified atom stereocenters. The molecule has 2 aromatic rings. The summed E-state index contributed by atoms with van der Waals surface area (Å²) < 4.78 is 0.986. The van der Waals surface area contributed by atoms with Crippen LogP contribution in [0.25, 0.3) is 0 Å². The number of pyridine rings is 2. The van der Waals surface area contributed by atoms with E-state index in [0.717, 1.165) is 10.0 Å². The van der Waals surface area contributed by atoms with Crippen molar-refractivity contribution in [1.82, 2.24) is 15.3 Å². The lowest BCUT2D eigenvalue weighted by Crippen LogP contribution is -2.26. The molecule has 104 valence electrons. The van der Waals surface area contributed by atoms with E-state index in [4.69, 9.17) is 0 Å². The highest BCUT2D eigenvalue weighted by Gasteiger charge is 2.32. The van der Waals surface area contributed by atoms with Gasteiger partial charge in [-0.15, -0.1) is 0 Å². The molecule has 2 aromatic heterocycles. The summed E-state index contributed by atoms with van der Waals surface area (Å²) in [6, 6.07) is 6.07. The highest BCUT2D eigenvalue weighted by atomic mass is 79.9. The fourth-order valence-corrected chi connectivity index (χ4v) is 2.78. The molecule has 1 atom stereocenters. The molecule has 2 heterocycles. The highest BCUT2D eigenvalue weighted by Crippen LogP contribution is 2.41. The Kier molecular flexibility index (Phi) is 3.98. The molecule has 3 rings (SSSR count). The Morgan fingerprint density at radius 1 is 1.45 bits per heavy atom. The summed E-state index contributed by atoms with van der Waals surface area (Å²) in [5.74, 6) is 0.647. The lowest BCUT2D eigenvalue weighted by Gasteiger charge is -2.18. The summed E-state index contributed by atoms with van der Waals surface area (Å²) in [7, 11) is 0. The van der Waals surface area contributed by atoms with Crippen LogP contribution in [0.3, 0.4) is 0 Å². The number of rotatable bonds is 5. The van der Waals surface area contributed by atoms with Crippen molar-refractivity contribution in [2.75, 3.05) is 0 Å². The normalized spacial score (nSPS) is 16.1. The number of hydrogen-bond donors (Lipinski definition) is 2. The average molecular weight is 334 g/mol. The van der Waals surface area contributed by atoms with E-state index in [1.807, 2.05) is 18.3 Å². The molecule has 1 aliphatic rings. The van der Waals surface area contributed by atoms with Gasteiger partial charge in [-0.05, 0) is 52.4 Å².